The number of hydrogen-bond donors (Lipinski definition) is 1. The molecular formula is C13H20N3NaO4S2. The molecule has 7 nitrogen and oxygen atoms in total. The molecule has 2 N–H and O–H groups in total. The van der Waals surface area contributed by atoms with Crippen LogP contribution in [0.5, 0.6) is 0 Å². The first-order chi connectivity index (χ1) is 10.3. The van der Waals surface area contributed by atoms with Gasteiger partial charge in [-0.1, -0.05) is 32.5 Å². The zero-order valence-corrected chi connectivity index (χ0v) is 17.5. The van der Waals surface area contributed by atoms with Gasteiger partial charge in [0.15, 0.2) is 11.8 Å². The van der Waals surface area contributed by atoms with Crippen LogP contribution in [0.15, 0.2) is 0 Å². The third-order valence-corrected chi connectivity index (χ3v) is 4.63. The minimum Gasteiger partial charge on any atom is -0.402 e. The van der Waals surface area contributed by atoms with E-state index >= 15 is 0 Å². The summed E-state index contributed by atoms with van der Waals surface area (Å²) in [6.07, 6.45) is 2.48. The van der Waals surface area contributed by atoms with Gasteiger partial charge in [-0.2, -0.15) is 11.8 Å². The molecule has 1 rings (SSSR count). The molecule has 0 aromatic heterocycles. The second-order valence-electron chi connectivity index (χ2n) is 5.11. The quantitative estimate of drug-likeness (QED) is 0.358. The number of primary amides is 1. The van der Waals surface area contributed by atoms with Gasteiger partial charge in [0.2, 0.25) is 0 Å². The summed E-state index contributed by atoms with van der Waals surface area (Å²) in [5.74, 6) is -0.887. The van der Waals surface area contributed by atoms with Gasteiger partial charge in [-0.25, -0.2) is 9.86 Å². The molecule has 124 valence electrons. The Labute approximate surface area is 167 Å². The fourth-order valence-electron chi connectivity index (χ4n) is 2.59. The average Bonchev–Trinajstić information content (AvgIpc) is 2.43. The van der Waals surface area contributed by atoms with Crippen LogP contribution >= 0.6 is 24.0 Å². The zero-order chi connectivity index (χ0) is 16.9. The standard InChI is InChI=1S/C13H21N3O4S2.Na/c1-4-5-8(2)13(6-7-22-3)9(17)15-12(21)16(10(13)18)20-11(14)19;/h8H,4-7H2,1-3H3,(H3,14,15,17,19,21);/q;+1/p-1. The number of carbonyl (C=O) groups is 3. The second kappa shape index (κ2) is 9.83. The third kappa shape index (κ3) is 4.82. The zero-order valence-electron chi connectivity index (χ0n) is 13.8. The number of carbonyl (C=O) groups excluding carboxylic acids is 3. The minimum atomic E-state index is -1.36. The Balaban J connectivity index is 0.00000484. The molecule has 0 saturated carbocycles. The van der Waals surface area contributed by atoms with Crippen LogP contribution < -0.4 is 35.3 Å². The van der Waals surface area contributed by atoms with Gasteiger partial charge in [-0.05, 0) is 30.8 Å². The number of nitrogens with zero attached hydrogens (tertiary/aromatic N) is 2. The molecule has 3 amide bonds. The summed E-state index contributed by atoms with van der Waals surface area (Å²) in [6.45, 7) is 3.79. The maximum absolute atomic E-state index is 12.8. The molecule has 1 aliphatic rings. The van der Waals surface area contributed by atoms with Crippen molar-refractivity contribution >= 4 is 47.0 Å². The predicted octanol–water partition coefficient (Wildman–Crippen LogP) is -0.796. The first kappa shape index (κ1) is 22.6. The second-order valence-corrected chi connectivity index (χ2v) is 6.46. The van der Waals surface area contributed by atoms with Crippen molar-refractivity contribution in [2.75, 3.05) is 12.0 Å². The topological polar surface area (TPSA) is 104 Å². The van der Waals surface area contributed by atoms with Crippen molar-refractivity contribution in [1.82, 2.24) is 5.06 Å². The molecule has 1 heterocycles. The van der Waals surface area contributed by atoms with Crippen LogP contribution in [0.2, 0.25) is 0 Å². The van der Waals surface area contributed by atoms with Gasteiger partial charge in [-0.15, -0.1) is 0 Å². The van der Waals surface area contributed by atoms with Crippen LogP contribution in [0.3, 0.4) is 0 Å². The van der Waals surface area contributed by atoms with Crippen LogP contribution in [0.1, 0.15) is 33.1 Å². The van der Waals surface area contributed by atoms with Gasteiger partial charge in [-0.3, -0.25) is 9.59 Å². The molecule has 0 aliphatic carbocycles. The van der Waals surface area contributed by atoms with E-state index in [1.54, 1.807) is 0 Å². The maximum atomic E-state index is 12.8. The van der Waals surface area contributed by atoms with Crippen molar-refractivity contribution < 1.29 is 48.8 Å². The van der Waals surface area contributed by atoms with E-state index in [4.69, 9.17) is 18.0 Å². The molecule has 2 unspecified atom stereocenters. The molecule has 1 aliphatic heterocycles. The van der Waals surface area contributed by atoms with E-state index < -0.39 is 28.4 Å². The molecule has 1 fully saturated rings. The molecule has 0 radical (unpaired) electrons. The molecule has 10 heteroatoms. The third-order valence-electron chi connectivity index (χ3n) is 3.76. The van der Waals surface area contributed by atoms with Crippen LogP contribution in [0.25, 0.3) is 5.32 Å². The summed E-state index contributed by atoms with van der Waals surface area (Å²) in [6, 6.07) is 0. The van der Waals surface area contributed by atoms with Crippen molar-refractivity contribution in [3.05, 3.63) is 5.32 Å². The van der Waals surface area contributed by atoms with E-state index in [2.05, 4.69) is 10.2 Å². The van der Waals surface area contributed by atoms with Gasteiger partial charge < -0.3 is 15.9 Å². The first-order valence-electron chi connectivity index (χ1n) is 6.92. The Morgan fingerprint density at radius 1 is 1.52 bits per heavy atom. The van der Waals surface area contributed by atoms with Crippen molar-refractivity contribution in [2.24, 2.45) is 17.1 Å². The number of thioether (sulfide) groups is 1. The van der Waals surface area contributed by atoms with Crippen LogP contribution in [0.4, 0.5) is 4.79 Å². The first-order valence-corrected chi connectivity index (χ1v) is 8.72. The Morgan fingerprint density at radius 2 is 2.13 bits per heavy atom. The van der Waals surface area contributed by atoms with E-state index in [1.807, 2.05) is 20.1 Å². The Morgan fingerprint density at radius 3 is 2.61 bits per heavy atom. The van der Waals surface area contributed by atoms with Gasteiger partial charge >= 0.3 is 35.7 Å². The predicted molar refractivity (Wildman–Crippen MR) is 88.0 cm³/mol. The number of amides is 3. The fraction of sp³-hybridized carbons (Fsp3) is 0.692. The Kier molecular flexibility index (Phi) is 9.68. The summed E-state index contributed by atoms with van der Waals surface area (Å²) >= 11 is 6.36. The largest absolute Gasteiger partial charge is 1.00 e. The van der Waals surface area contributed by atoms with Crippen molar-refractivity contribution in [3.63, 3.8) is 0 Å². The van der Waals surface area contributed by atoms with Gasteiger partial charge in [0.05, 0.1) is 5.41 Å². The molecular weight excluding hydrogens is 349 g/mol. The van der Waals surface area contributed by atoms with Crippen molar-refractivity contribution in [2.45, 2.75) is 33.1 Å². The average molecular weight is 369 g/mol. The monoisotopic (exact) mass is 369 g/mol. The summed E-state index contributed by atoms with van der Waals surface area (Å²) < 4.78 is 0. The van der Waals surface area contributed by atoms with Crippen molar-refractivity contribution in [1.29, 1.82) is 0 Å². The summed E-state index contributed by atoms with van der Waals surface area (Å²) in [5.41, 5.74) is 3.60. The number of nitrogens with two attached hydrogens (primary N) is 1. The Bertz CT molecular complexity index is 492. The molecule has 0 aromatic carbocycles. The van der Waals surface area contributed by atoms with E-state index in [-0.39, 0.29) is 35.5 Å². The molecule has 0 spiro atoms. The van der Waals surface area contributed by atoms with E-state index in [0.29, 0.717) is 23.7 Å². The number of hydrogen-bond acceptors (Lipinski definition) is 6. The number of rotatable bonds is 7. The molecule has 0 bridgehead atoms. The maximum Gasteiger partial charge on any atom is 1.00 e. The Hall–Kier alpha value is -0.350. The summed E-state index contributed by atoms with van der Waals surface area (Å²) in [5, 5.41) is 3.92. The van der Waals surface area contributed by atoms with Crippen molar-refractivity contribution in [3.8, 4) is 0 Å². The molecule has 2 atom stereocenters. The smallest absolute Gasteiger partial charge is 0.402 e. The van der Waals surface area contributed by atoms with Crippen LogP contribution in [-0.2, 0) is 14.4 Å². The molecule has 23 heavy (non-hydrogen) atoms. The van der Waals surface area contributed by atoms with E-state index in [9.17, 15) is 14.4 Å². The minimum absolute atomic E-state index is 0. The van der Waals surface area contributed by atoms with Gasteiger partial charge in [0, 0.05) is 5.11 Å². The molecule has 1 saturated heterocycles. The SMILES string of the molecule is CCCC(C)C1(CCSC)C(=O)[N-]C(=S)N(OC(N)=O)C1=O.[Na+]. The summed E-state index contributed by atoms with van der Waals surface area (Å²) in [7, 11) is 0. The van der Waals surface area contributed by atoms with Gasteiger partial charge in [0.25, 0.3) is 0 Å². The summed E-state index contributed by atoms with van der Waals surface area (Å²) in [4.78, 5) is 41.0. The normalized spacial score (nSPS) is 22.2. The van der Waals surface area contributed by atoms with Crippen LogP contribution in [0, 0.1) is 11.3 Å². The van der Waals surface area contributed by atoms with E-state index in [1.165, 1.54) is 11.8 Å². The van der Waals surface area contributed by atoms with Gasteiger partial charge in [0.1, 0.15) is 0 Å². The molecule has 0 aromatic rings. The fourth-order valence-corrected chi connectivity index (χ4v) is 3.32. The number of thiocarbonyl (C=S) groups is 1. The van der Waals surface area contributed by atoms with Crippen LogP contribution in [-0.4, -0.2) is 40.1 Å². The number of hydroxylamine groups is 2. The van der Waals surface area contributed by atoms with E-state index in [0.717, 1.165) is 6.42 Å².